The van der Waals surface area contributed by atoms with Gasteiger partial charge in [0.25, 0.3) is 11.8 Å². The van der Waals surface area contributed by atoms with Gasteiger partial charge in [-0.1, -0.05) is 11.6 Å². The van der Waals surface area contributed by atoms with E-state index in [0.29, 0.717) is 11.1 Å². The predicted octanol–water partition coefficient (Wildman–Crippen LogP) is 2.63. The van der Waals surface area contributed by atoms with E-state index in [4.69, 9.17) is 33.0 Å². The van der Waals surface area contributed by atoms with Crippen molar-refractivity contribution in [1.82, 2.24) is 9.80 Å². The summed E-state index contributed by atoms with van der Waals surface area (Å²) in [6.07, 6.45) is 1.37. The summed E-state index contributed by atoms with van der Waals surface area (Å²) in [4.78, 5) is 62.7. The number of rotatable bonds is 5. The molecular weight excluding hydrogens is 607 g/mol. The van der Waals surface area contributed by atoms with Crippen molar-refractivity contribution in [3.05, 3.63) is 33.8 Å². The summed E-state index contributed by atoms with van der Waals surface area (Å²) in [7, 11) is 2.65. The Kier molecular flexibility index (Phi) is 6.35. The number of allylic oxidation sites excluding steroid dienone is 2. The highest BCUT2D eigenvalue weighted by Gasteiger charge is 2.75. The lowest BCUT2D eigenvalue weighted by atomic mass is 9.56. The quantitative estimate of drug-likeness (QED) is 0.288. The Bertz CT molecular complexity index is 1350. The number of methoxy groups -OCH3 is 1. The molecule has 0 aromatic heterocycles. The molecule has 4 aliphatic rings. The maximum Gasteiger partial charge on any atom is 0.305 e. The van der Waals surface area contributed by atoms with E-state index in [2.05, 4.69) is 15.9 Å². The molecule has 2 N–H and O–H groups in total. The molecule has 1 aromatic carbocycles. The number of carboxylic acid groups (broad SMARTS) is 1. The number of halogens is 3. The fraction of sp³-hybridized carbons (Fsp3) is 0.480. The van der Waals surface area contributed by atoms with E-state index in [1.165, 1.54) is 20.2 Å². The highest BCUT2D eigenvalue weighted by molar-refractivity contribution is 9.10. The van der Waals surface area contributed by atoms with Crippen LogP contribution in [0.4, 0.5) is 0 Å². The van der Waals surface area contributed by atoms with Gasteiger partial charge in [-0.2, -0.15) is 0 Å². The van der Waals surface area contributed by atoms with Gasteiger partial charge < -0.3 is 14.9 Å². The van der Waals surface area contributed by atoms with Crippen LogP contribution in [0.1, 0.15) is 30.7 Å². The minimum atomic E-state index is -1.97. The van der Waals surface area contributed by atoms with Crippen LogP contribution in [0.15, 0.2) is 28.3 Å². The number of alkyl halides is 2. The first-order valence-electron chi connectivity index (χ1n) is 11.8. The molecule has 0 bridgehead atoms. The smallest absolute Gasteiger partial charge is 0.305 e. The molecule has 2 saturated heterocycles. The van der Waals surface area contributed by atoms with Crippen LogP contribution in [0, 0.1) is 17.8 Å². The Labute approximate surface area is 235 Å². The second kappa shape index (κ2) is 8.96. The monoisotopic (exact) mass is 628 g/mol. The molecule has 5 rings (SSSR count). The standard InChI is InChI=1S/C25H23BrCl2N2O8/c1-29-22(36)24(27)9-13-11(3-4-12-17(13)21(35)30(20(12)34)6-5-16(31)32)18(25(24,28)23(29)37)10-7-14(26)19(33)15(8-10)38-2/h3,7-8,12-13,17-18,33H,4-6,9H2,1-2H3,(H,31,32)/t12-,13+,17-,18-,24+,25-/m0/s1. The van der Waals surface area contributed by atoms with Gasteiger partial charge in [0.2, 0.25) is 11.8 Å². The third-order valence-electron chi connectivity index (χ3n) is 8.26. The number of nitrogens with zero attached hydrogens (tertiary/aromatic N) is 2. The Morgan fingerprint density at radius 3 is 2.47 bits per heavy atom. The Morgan fingerprint density at radius 2 is 1.84 bits per heavy atom. The van der Waals surface area contributed by atoms with Crippen molar-refractivity contribution in [2.45, 2.75) is 34.9 Å². The predicted molar refractivity (Wildman–Crippen MR) is 137 cm³/mol. The molecule has 1 aromatic rings. The number of carboxylic acids is 1. The minimum Gasteiger partial charge on any atom is -0.503 e. The van der Waals surface area contributed by atoms with E-state index >= 15 is 0 Å². The van der Waals surface area contributed by atoms with Gasteiger partial charge in [-0.05, 0) is 52.4 Å². The number of likely N-dealkylation sites (tertiary alicyclic amines) is 2. The summed E-state index contributed by atoms with van der Waals surface area (Å²) in [5.74, 6) is -7.05. The number of fused-ring (bicyclic) bond motifs is 4. The van der Waals surface area contributed by atoms with Gasteiger partial charge in [0.05, 0.1) is 29.8 Å². The molecule has 13 heteroatoms. The lowest BCUT2D eigenvalue weighted by molar-refractivity contribution is -0.143. The van der Waals surface area contributed by atoms with Gasteiger partial charge in [0, 0.05) is 19.5 Å². The Hall–Kier alpha value is -2.63. The van der Waals surface area contributed by atoms with E-state index in [1.807, 2.05) is 0 Å². The van der Waals surface area contributed by atoms with E-state index < -0.39 is 69.4 Å². The first kappa shape index (κ1) is 27.0. The Balaban J connectivity index is 1.69. The first-order valence-corrected chi connectivity index (χ1v) is 13.4. The van der Waals surface area contributed by atoms with Crippen molar-refractivity contribution in [2.24, 2.45) is 17.8 Å². The molecule has 3 fully saturated rings. The number of amides is 4. The van der Waals surface area contributed by atoms with Crippen LogP contribution in [-0.2, 0) is 24.0 Å². The molecule has 1 saturated carbocycles. The second-order valence-electron chi connectivity index (χ2n) is 10.0. The molecule has 38 heavy (non-hydrogen) atoms. The largest absolute Gasteiger partial charge is 0.503 e. The zero-order valence-corrected chi connectivity index (χ0v) is 23.3. The number of ether oxygens (including phenoxy) is 1. The molecule has 0 radical (unpaired) electrons. The van der Waals surface area contributed by atoms with Crippen molar-refractivity contribution in [3.8, 4) is 11.5 Å². The zero-order chi connectivity index (χ0) is 27.9. The third-order valence-corrected chi connectivity index (χ3v) is 10.3. The van der Waals surface area contributed by atoms with E-state index in [-0.39, 0.29) is 35.4 Å². The number of hydrogen-bond acceptors (Lipinski definition) is 7. The van der Waals surface area contributed by atoms with Crippen LogP contribution in [-0.4, -0.2) is 80.1 Å². The normalized spacial score (nSPS) is 34.2. The average Bonchev–Trinajstić information content (AvgIpc) is 3.19. The molecule has 10 nitrogen and oxygen atoms in total. The molecule has 0 spiro atoms. The topological polar surface area (TPSA) is 142 Å². The van der Waals surface area contributed by atoms with Crippen LogP contribution >= 0.6 is 39.1 Å². The molecule has 6 atom stereocenters. The van der Waals surface area contributed by atoms with E-state index in [1.54, 1.807) is 12.1 Å². The van der Waals surface area contributed by atoms with Gasteiger partial charge in [0.1, 0.15) is 0 Å². The number of imide groups is 2. The van der Waals surface area contributed by atoms with Gasteiger partial charge in [-0.25, -0.2) is 0 Å². The molecule has 2 aliphatic carbocycles. The molecule has 2 aliphatic heterocycles. The summed E-state index contributed by atoms with van der Waals surface area (Å²) >= 11 is 17.5. The van der Waals surface area contributed by atoms with E-state index in [9.17, 15) is 29.1 Å². The van der Waals surface area contributed by atoms with Crippen molar-refractivity contribution < 1.29 is 38.9 Å². The van der Waals surface area contributed by atoms with Crippen LogP contribution < -0.4 is 4.74 Å². The highest BCUT2D eigenvalue weighted by atomic mass is 79.9. The van der Waals surface area contributed by atoms with Gasteiger partial charge in [-0.15, -0.1) is 23.2 Å². The summed E-state index contributed by atoms with van der Waals surface area (Å²) < 4.78 is 5.55. The van der Waals surface area contributed by atoms with Crippen molar-refractivity contribution in [1.29, 1.82) is 0 Å². The number of aliphatic carboxylic acids is 1. The van der Waals surface area contributed by atoms with Crippen molar-refractivity contribution in [3.63, 3.8) is 0 Å². The fourth-order valence-electron chi connectivity index (χ4n) is 6.53. The molecule has 202 valence electrons. The van der Waals surface area contributed by atoms with Crippen molar-refractivity contribution >= 4 is 68.7 Å². The van der Waals surface area contributed by atoms with Gasteiger partial charge >= 0.3 is 5.97 Å². The molecule has 4 amide bonds. The summed E-state index contributed by atoms with van der Waals surface area (Å²) in [5, 5.41) is 19.5. The minimum absolute atomic E-state index is 0.0864. The number of phenolic OH excluding ortho intramolecular Hbond substituents is 1. The van der Waals surface area contributed by atoms with E-state index in [0.717, 1.165) is 9.80 Å². The number of carbonyl (C=O) groups is 5. The first-order chi connectivity index (χ1) is 17.8. The SMILES string of the molecule is COc1cc([C@H]2C3=CC[C@@H]4C(=O)N(CCC(=O)O)C(=O)[C@@H]4[C@@H]3C[C@@]3(Cl)C(=O)N(C)C(=O)[C@@]23Cl)cc(Br)c1O. The van der Waals surface area contributed by atoms with Gasteiger partial charge in [-0.3, -0.25) is 33.8 Å². The second-order valence-corrected chi connectivity index (χ2v) is 12.1. The van der Waals surface area contributed by atoms with Crippen molar-refractivity contribution in [2.75, 3.05) is 20.7 Å². The lowest BCUT2D eigenvalue weighted by Gasteiger charge is -2.50. The third kappa shape index (κ3) is 3.40. The highest BCUT2D eigenvalue weighted by Crippen LogP contribution is 2.65. The molecule has 2 heterocycles. The number of phenols is 1. The summed E-state index contributed by atoms with van der Waals surface area (Å²) in [6, 6.07) is 3.05. The molecule has 0 unspecified atom stereocenters. The van der Waals surface area contributed by atoms with Crippen LogP contribution in [0.2, 0.25) is 0 Å². The fourth-order valence-corrected chi connectivity index (χ4v) is 8.01. The average molecular weight is 630 g/mol. The van der Waals surface area contributed by atoms with Crippen LogP contribution in [0.3, 0.4) is 0 Å². The summed E-state index contributed by atoms with van der Waals surface area (Å²) in [6.45, 7) is -0.265. The Morgan fingerprint density at radius 1 is 1.16 bits per heavy atom. The van der Waals surface area contributed by atoms with Crippen LogP contribution in [0.5, 0.6) is 11.5 Å². The number of aromatic hydroxyl groups is 1. The number of carbonyl (C=O) groups excluding carboxylic acids is 4. The van der Waals surface area contributed by atoms with Gasteiger partial charge in [0.15, 0.2) is 21.2 Å². The van der Waals surface area contributed by atoms with Crippen LogP contribution in [0.25, 0.3) is 0 Å². The lowest BCUT2D eigenvalue weighted by Crippen LogP contribution is -2.60. The number of benzene rings is 1. The number of hydrogen-bond donors (Lipinski definition) is 2. The zero-order valence-electron chi connectivity index (χ0n) is 20.2. The summed E-state index contributed by atoms with van der Waals surface area (Å²) in [5.41, 5.74) is 0.992. The molecular formula is C25H23BrCl2N2O8. The maximum absolute atomic E-state index is 13.6. The maximum atomic E-state index is 13.6.